The largest absolute Gasteiger partial charge is 0.312 e. The molecule has 2 aromatic rings. The lowest BCUT2D eigenvalue weighted by atomic mass is 10.2. The molecule has 2 heterocycles. The number of hydrogen-bond donors (Lipinski definition) is 1. The molecule has 0 amide bonds. The molecule has 2 aromatic heterocycles. The third kappa shape index (κ3) is 3.64. The molecule has 0 saturated heterocycles. The quantitative estimate of drug-likeness (QED) is 0.793. The number of pyridine rings is 1. The molecule has 5 heteroatoms. The first-order chi connectivity index (χ1) is 8.24. The minimum Gasteiger partial charge on any atom is -0.312 e. The van der Waals surface area contributed by atoms with Crippen molar-refractivity contribution in [3.05, 3.63) is 47.8 Å². The van der Waals surface area contributed by atoms with Crippen LogP contribution in [0.5, 0.6) is 0 Å². The topological polar surface area (TPSA) is 42.7 Å². The van der Waals surface area contributed by atoms with Gasteiger partial charge in [-0.05, 0) is 30.2 Å². The monoisotopic (exact) mass is 234 g/mol. The van der Waals surface area contributed by atoms with Crippen LogP contribution in [0.25, 0.3) is 0 Å². The molecule has 0 spiro atoms. The van der Waals surface area contributed by atoms with Gasteiger partial charge in [0, 0.05) is 26.0 Å². The van der Waals surface area contributed by atoms with Crippen molar-refractivity contribution in [2.75, 3.05) is 6.54 Å². The normalized spacial score (nSPS) is 10.7. The average Bonchev–Trinajstić information content (AvgIpc) is 2.71. The van der Waals surface area contributed by atoms with E-state index in [1.54, 1.807) is 10.9 Å². The molecule has 0 aliphatic heterocycles. The van der Waals surface area contributed by atoms with Gasteiger partial charge in [0.15, 0.2) is 0 Å². The van der Waals surface area contributed by atoms with Crippen LogP contribution in [0.4, 0.5) is 4.39 Å². The van der Waals surface area contributed by atoms with E-state index >= 15 is 0 Å². The highest BCUT2D eigenvalue weighted by atomic mass is 19.1. The van der Waals surface area contributed by atoms with Gasteiger partial charge in [-0.3, -0.25) is 9.67 Å². The molecule has 0 aliphatic rings. The van der Waals surface area contributed by atoms with Crippen LogP contribution in [0.3, 0.4) is 0 Å². The number of nitrogens with one attached hydrogen (secondary N) is 1. The maximum absolute atomic E-state index is 12.8. The summed E-state index contributed by atoms with van der Waals surface area (Å²) in [6, 6.07) is 1.49. The van der Waals surface area contributed by atoms with Gasteiger partial charge in [-0.15, -0.1) is 0 Å². The number of rotatable bonds is 5. The molecule has 0 aliphatic carbocycles. The van der Waals surface area contributed by atoms with E-state index < -0.39 is 0 Å². The van der Waals surface area contributed by atoms with E-state index in [0.29, 0.717) is 6.54 Å². The minimum atomic E-state index is -0.295. The van der Waals surface area contributed by atoms with Crippen LogP contribution in [0, 0.1) is 5.82 Å². The Balaban J connectivity index is 1.73. The van der Waals surface area contributed by atoms with E-state index in [1.165, 1.54) is 17.8 Å². The zero-order chi connectivity index (χ0) is 12.1. The zero-order valence-electron chi connectivity index (χ0n) is 9.73. The Morgan fingerprint density at radius 3 is 2.88 bits per heavy atom. The number of nitrogens with zero attached hydrogens (tertiary/aromatic N) is 3. The first-order valence-corrected chi connectivity index (χ1v) is 5.52. The molecule has 0 radical (unpaired) electrons. The lowest BCUT2D eigenvalue weighted by molar-refractivity contribution is 0.612. The van der Waals surface area contributed by atoms with E-state index in [-0.39, 0.29) is 5.82 Å². The predicted octanol–water partition coefficient (Wildman–Crippen LogP) is 1.29. The van der Waals surface area contributed by atoms with Crippen molar-refractivity contribution in [2.24, 2.45) is 7.05 Å². The summed E-state index contributed by atoms with van der Waals surface area (Å²) < 4.78 is 14.6. The third-order valence-electron chi connectivity index (χ3n) is 2.44. The van der Waals surface area contributed by atoms with Gasteiger partial charge >= 0.3 is 0 Å². The Kier molecular flexibility index (Phi) is 3.82. The maximum Gasteiger partial charge on any atom is 0.141 e. The molecule has 90 valence electrons. The Hall–Kier alpha value is -1.75. The summed E-state index contributed by atoms with van der Waals surface area (Å²) in [5.74, 6) is -0.295. The fraction of sp³-hybridized carbons (Fsp3) is 0.333. The summed E-state index contributed by atoms with van der Waals surface area (Å²) in [4.78, 5) is 3.80. The highest BCUT2D eigenvalue weighted by Gasteiger charge is 1.98. The lowest BCUT2D eigenvalue weighted by Crippen LogP contribution is -2.16. The molecule has 0 bridgehead atoms. The van der Waals surface area contributed by atoms with E-state index in [0.717, 1.165) is 18.5 Å². The van der Waals surface area contributed by atoms with Gasteiger partial charge in [-0.25, -0.2) is 4.39 Å². The van der Waals surface area contributed by atoms with Crippen molar-refractivity contribution in [1.29, 1.82) is 0 Å². The van der Waals surface area contributed by atoms with E-state index in [2.05, 4.69) is 15.4 Å². The molecule has 0 unspecified atom stereocenters. The molecule has 0 fully saturated rings. The number of hydrogen-bond acceptors (Lipinski definition) is 3. The average molecular weight is 234 g/mol. The Morgan fingerprint density at radius 1 is 1.29 bits per heavy atom. The van der Waals surface area contributed by atoms with Gasteiger partial charge in [0.1, 0.15) is 5.82 Å². The summed E-state index contributed by atoms with van der Waals surface area (Å²) in [6.07, 6.45) is 7.63. The fourth-order valence-corrected chi connectivity index (χ4v) is 1.62. The summed E-state index contributed by atoms with van der Waals surface area (Å²) in [5.41, 5.74) is 2.05. The minimum absolute atomic E-state index is 0.295. The van der Waals surface area contributed by atoms with Crippen molar-refractivity contribution < 1.29 is 4.39 Å². The highest BCUT2D eigenvalue weighted by Crippen LogP contribution is 2.00. The standard InChI is InChI=1S/C12H15FN4/c1-17-9-10(7-16-17)2-3-14-5-11-4-12(13)8-15-6-11/h4,6-9,14H,2-3,5H2,1H3. The predicted molar refractivity (Wildman–Crippen MR) is 62.8 cm³/mol. The van der Waals surface area contributed by atoms with E-state index in [1.807, 2.05) is 19.4 Å². The summed E-state index contributed by atoms with van der Waals surface area (Å²) in [6.45, 7) is 1.47. The SMILES string of the molecule is Cn1cc(CCNCc2cncc(F)c2)cn1. The molecule has 0 aromatic carbocycles. The van der Waals surface area contributed by atoms with Crippen LogP contribution in [0.2, 0.25) is 0 Å². The van der Waals surface area contributed by atoms with Gasteiger partial charge in [-0.1, -0.05) is 0 Å². The van der Waals surface area contributed by atoms with Gasteiger partial charge < -0.3 is 5.32 Å². The first-order valence-electron chi connectivity index (χ1n) is 5.52. The maximum atomic E-state index is 12.8. The van der Waals surface area contributed by atoms with Crippen LogP contribution in [-0.2, 0) is 20.0 Å². The second-order valence-electron chi connectivity index (χ2n) is 3.96. The van der Waals surface area contributed by atoms with Crippen molar-refractivity contribution in [3.8, 4) is 0 Å². The van der Waals surface area contributed by atoms with Crippen molar-refractivity contribution in [2.45, 2.75) is 13.0 Å². The summed E-state index contributed by atoms with van der Waals surface area (Å²) >= 11 is 0. The van der Waals surface area contributed by atoms with Crippen molar-refractivity contribution >= 4 is 0 Å². The van der Waals surface area contributed by atoms with Crippen LogP contribution < -0.4 is 5.32 Å². The highest BCUT2D eigenvalue weighted by molar-refractivity contribution is 5.10. The van der Waals surface area contributed by atoms with Gasteiger partial charge in [0.25, 0.3) is 0 Å². The first kappa shape index (κ1) is 11.7. The molecular weight excluding hydrogens is 219 g/mol. The third-order valence-corrected chi connectivity index (χ3v) is 2.44. The zero-order valence-corrected chi connectivity index (χ0v) is 9.73. The number of halogens is 1. The van der Waals surface area contributed by atoms with Gasteiger partial charge in [0.2, 0.25) is 0 Å². The Labute approximate surface area is 99.5 Å². The second kappa shape index (κ2) is 5.54. The van der Waals surface area contributed by atoms with Crippen LogP contribution in [0.15, 0.2) is 30.9 Å². The smallest absolute Gasteiger partial charge is 0.141 e. The van der Waals surface area contributed by atoms with Crippen LogP contribution in [0.1, 0.15) is 11.1 Å². The Bertz CT molecular complexity index is 481. The fourth-order valence-electron chi connectivity index (χ4n) is 1.62. The number of aromatic nitrogens is 3. The van der Waals surface area contributed by atoms with Crippen LogP contribution in [-0.4, -0.2) is 21.3 Å². The molecule has 0 saturated carbocycles. The van der Waals surface area contributed by atoms with Gasteiger partial charge in [-0.2, -0.15) is 5.10 Å². The van der Waals surface area contributed by atoms with E-state index in [4.69, 9.17) is 0 Å². The molecule has 4 nitrogen and oxygen atoms in total. The van der Waals surface area contributed by atoms with Gasteiger partial charge in [0.05, 0.1) is 12.4 Å². The summed E-state index contributed by atoms with van der Waals surface area (Å²) in [7, 11) is 1.90. The van der Waals surface area contributed by atoms with E-state index in [9.17, 15) is 4.39 Å². The Morgan fingerprint density at radius 2 is 2.18 bits per heavy atom. The molecule has 1 N–H and O–H groups in total. The summed E-state index contributed by atoms with van der Waals surface area (Å²) in [5, 5.41) is 7.34. The van der Waals surface area contributed by atoms with Crippen molar-refractivity contribution in [1.82, 2.24) is 20.1 Å². The number of aryl methyl sites for hydroxylation is 1. The molecule has 17 heavy (non-hydrogen) atoms. The lowest BCUT2D eigenvalue weighted by Gasteiger charge is -2.03. The molecule has 2 rings (SSSR count). The molecular formula is C12H15FN4. The van der Waals surface area contributed by atoms with Crippen LogP contribution >= 0.6 is 0 Å². The molecule has 0 atom stereocenters. The second-order valence-corrected chi connectivity index (χ2v) is 3.96. The van der Waals surface area contributed by atoms with Crippen molar-refractivity contribution in [3.63, 3.8) is 0 Å².